The van der Waals surface area contributed by atoms with Gasteiger partial charge in [-0.15, -0.1) is 13.2 Å². The van der Waals surface area contributed by atoms with E-state index in [1.807, 2.05) is 0 Å². The molecule has 1 aromatic carbocycles. The van der Waals surface area contributed by atoms with E-state index in [1.54, 1.807) is 0 Å². The zero-order valence-corrected chi connectivity index (χ0v) is 11.8. The van der Waals surface area contributed by atoms with Crippen molar-refractivity contribution in [2.45, 2.75) is 30.1 Å². The molecular formula is C12H15F3N2O3S. The maximum absolute atomic E-state index is 12.3. The molecule has 0 saturated carbocycles. The molecule has 0 unspecified atom stereocenters. The minimum absolute atomic E-state index is 0.0777. The summed E-state index contributed by atoms with van der Waals surface area (Å²) in [5, 5.41) is 0. The SMILES string of the molecule is N[C@@H]1CCCN(S(=O)(=O)c2ccc(OC(F)(F)F)cc2)C1. The fourth-order valence-electron chi connectivity index (χ4n) is 2.15. The molecule has 1 aromatic rings. The first-order chi connectivity index (χ1) is 9.68. The van der Waals surface area contributed by atoms with Gasteiger partial charge in [-0.05, 0) is 37.1 Å². The summed E-state index contributed by atoms with van der Waals surface area (Å²) in [6.45, 7) is 0.569. The van der Waals surface area contributed by atoms with Crippen molar-refractivity contribution in [2.24, 2.45) is 5.73 Å². The average Bonchev–Trinajstić information content (AvgIpc) is 2.37. The second-order valence-electron chi connectivity index (χ2n) is 4.78. The van der Waals surface area contributed by atoms with Crippen LogP contribution in [-0.2, 0) is 10.0 Å². The smallest absolute Gasteiger partial charge is 0.406 e. The van der Waals surface area contributed by atoms with Crippen LogP contribution >= 0.6 is 0 Å². The molecule has 1 saturated heterocycles. The number of hydrogen-bond acceptors (Lipinski definition) is 4. The lowest BCUT2D eigenvalue weighted by Gasteiger charge is -2.29. The van der Waals surface area contributed by atoms with Gasteiger partial charge in [0.2, 0.25) is 10.0 Å². The predicted molar refractivity (Wildman–Crippen MR) is 69.1 cm³/mol. The van der Waals surface area contributed by atoms with Crippen molar-refractivity contribution in [1.82, 2.24) is 4.31 Å². The van der Waals surface area contributed by atoms with Crippen LogP contribution in [0.15, 0.2) is 29.2 Å². The van der Waals surface area contributed by atoms with Crippen LogP contribution in [-0.4, -0.2) is 38.2 Å². The Bertz CT molecular complexity index is 587. The van der Waals surface area contributed by atoms with Crippen molar-refractivity contribution < 1.29 is 26.3 Å². The van der Waals surface area contributed by atoms with Gasteiger partial charge in [0.15, 0.2) is 0 Å². The molecule has 0 aromatic heterocycles. The predicted octanol–water partition coefficient (Wildman–Crippen LogP) is 1.70. The quantitative estimate of drug-likeness (QED) is 0.918. The van der Waals surface area contributed by atoms with Crippen LogP contribution < -0.4 is 10.5 Å². The number of ether oxygens (including phenoxy) is 1. The lowest BCUT2D eigenvalue weighted by Crippen LogP contribution is -2.45. The molecule has 2 rings (SSSR count). The van der Waals surface area contributed by atoms with Crippen LogP contribution in [0.1, 0.15) is 12.8 Å². The largest absolute Gasteiger partial charge is 0.573 e. The monoisotopic (exact) mass is 324 g/mol. The summed E-state index contributed by atoms with van der Waals surface area (Å²) in [6.07, 6.45) is -3.39. The highest BCUT2D eigenvalue weighted by Crippen LogP contribution is 2.26. The third kappa shape index (κ3) is 4.08. The number of sulfonamides is 1. The molecule has 2 N–H and O–H groups in total. The molecule has 1 fully saturated rings. The van der Waals surface area contributed by atoms with E-state index >= 15 is 0 Å². The van der Waals surface area contributed by atoms with E-state index in [0.29, 0.717) is 13.0 Å². The van der Waals surface area contributed by atoms with Gasteiger partial charge >= 0.3 is 6.36 Å². The molecule has 1 heterocycles. The normalized spacial score (nSPS) is 21.2. The summed E-state index contributed by atoms with van der Waals surface area (Å²) in [5.74, 6) is -0.461. The Balaban J connectivity index is 2.17. The number of alkyl halides is 3. The van der Waals surface area contributed by atoms with Gasteiger partial charge in [0.05, 0.1) is 4.90 Å². The summed E-state index contributed by atoms with van der Waals surface area (Å²) in [6, 6.07) is 3.92. The Labute approximate surface area is 120 Å². The van der Waals surface area contributed by atoms with Crippen LogP contribution in [0, 0.1) is 0 Å². The van der Waals surface area contributed by atoms with E-state index in [4.69, 9.17) is 5.73 Å². The van der Waals surface area contributed by atoms with Crippen molar-refractivity contribution in [1.29, 1.82) is 0 Å². The van der Waals surface area contributed by atoms with Crippen LogP contribution in [0.4, 0.5) is 13.2 Å². The zero-order valence-electron chi connectivity index (χ0n) is 11.0. The summed E-state index contributed by atoms with van der Waals surface area (Å²) in [7, 11) is -3.74. The van der Waals surface area contributed by atoms with Gasteiger partial charge in [0.25, 0.3) is 0 Å². The van der Waals surface area contributed by atoms with Crippen LogP contribution in [0.3, 0.4) is 0 Å². The molecule has 1 aliphatic rings. The van der Waals surface area contributed by atoms with Gasteiger partial charge in [-0.3, -0.25) is 0 Å². The molecule has 0 aliphatic carbocycles. The molecule has 0 spiro atoms. The third-order valence-corrected chi connectivity index (χ3v) is 5.00. The number of hydrogen-bond donors (Lipinski definition) is 1. The van der Waals surface area contributed by atoms with Gasteiger partial charge in [0.1, 0.15) is 5.75 Å². The lowest BCUT2D eigenvalue weighted by atomic mass is 10.1. The highest BCUT2D eigenvalue weighted by Gasteiger charge is 2.32. The van der Waals surface area contributed by atoms with Crippen molar-refractivity contribution in [2.75, 3.05) is 13.1 Å². The van der Waals surface area contributed by atoms with Crippen LogP contribution in [0.5, 0.6) is 5.75 Å². The van der Waals surface area contributed by atoms with E-state index in [0.717, 1.165) is 30.7 Å². The first kappa shape index (κ1) is 16.1. The van der Waals surface area contributed by atoms with Crippen molar-refractivity contribution in [3.05, 3.63) is 24.3 Å². The summed E-state index contributed by atoms with van der Waals surface area (Å²) >= 11 is 0. The number of halogens is 3. The third-order valence-electron chi connectivity index (χ3n) is 3.12. The van der Waals surface area contributed by atoms with E-state index in [1.165, 1.54) is 4.31 Å². The first-order valence-corrected chi connectivity index (χ1v) is 7.74. The molecular weight excluding hydrogens is 309 g/mol. The highest BCUT2D eigenvalue weighted by atomic mass is 32.2. The molecule has 0 radical (unpaired) electrons. The number of piperidine rings is 1. The summed E-state index contributed by atoms with van der Waals surface area (Å²) in [4.78, 5) is -0.0777. The topological polar surface area (TPSA) is 72.6 Å². The summed E-state index contributed by atoms with van der Waals surface area (Å²) in [5.41, 5.74) is 5.74. The Hall–Kier alpha value is -1.32. The Morgan fingerprint density at radius 3 is 2.38 bits per heavy atom. The minimum atomic E-state index is -4.81. The van der Waals surface area contributed by atoms with Gasteiger partial charge in [-0.2, -0.15) is 4.31 Å². The van der Waals surface area contributed by atoms with E-state index in [-0.39, 0.29) is 17.5 Å². The van der Waals surface area contributed by atoms with Crippen LogP contribution in [0.2, 0.25) is 0 Å². The summed E-state index contributed by atoms with van der Waals surface area (Å²) < 4.78 is 65.8. The Morgan fingerprint density at radius 2 is 1.86 bits per heavy atom. The zero-order chi connectivity index (χ0) is 15.7. The van der Waals surface area contributed by atoms with E-state index < -0.39 is 22.1 Å². The van der Waals surface area contributed by atoms with Crippen LogP contribution in [0.25, 0.3) is 0 Å². The molecule has 9 heteroatoms. The van der Waals surface area contributed by atoms with Crippen molar-refractivity contribution in [3.63, 3.8) is 0 Å². The molecule has 0 amide bonds. The molecule has 5 nitrogen and oxygen atoms in total. The highest BCUT2D eigenvalue weighted by molar-refractivity contribution is 7.89. The fraction of sp³-hybridized carbons (Fsp3) is 0.500. The molecule has 118 valence electrons. The van der Waals surface area contributed by atoms with Gasteiger partial charge in [-0.25, -0.2) is 8.42 Å². The average molecular weight is 324 g/mol. The standard InChI is InChI=1S/C12H15F3N2O3S/c13-12(14,15)20-10-3-5-11(6-4-10)21(18,19)17-7-1-2-9(16)8-17/h3-6,9H,1-2,7-8,16H2/t9-/m1/s1. The Kier molecular flexibility index (Phi) is 4.45. The Morgan fingerprint density at radius 1 is 1.24 bits per heavy atom. The van der Waals surface area contributed by atoms with Gasteiger partial charge in [0, 0.05) is 19.1 Å². The number of nitrogens with zero attached hydrogens (tertiary/aromatic N) is 1. The second kappa shape index (κ2) is 5.82. The van der Waals surface area contributed by atoms with E-state index in [2.05, 4.69) is 4.74 Å². The molecule has 0 bridgehead atoms. The molecule has 1 aliphatic heterocycles. The van der Waals surface area contributed by atoms with E-state index in [9.17, 15) is 21.6 Å². The molecule has 1 atom stereocenters. The maximum Gasteiger partial charge on any atom is 0.573 e. The first-order valence-electron chi connectivity index (χ1n) is 6.30. The second-order valence-corrected chi connectivity index (χ2v) is 6.72. The number of nitrogens with two attached hydrogens (primary N) is 1. The fourth-order valence-corrected chi connectivity index (χ4v) is 3.69. The van der Waals surface area contributed by atoms with Crippen molar-refractivity contribution >= 4 is 10.0 Å². The van der Waals surface area contributed by atoms with Crippen molar-refractivity contribution in [3.8, 4) is 5.75 Å². The van der Waals surface area contributed by atoms with Gasteiger partial charge < -0.3 is 10.5 Å². The number of rotatable bonds is 3. The number of benzene rings is 1. The lowest BCUT2D eigenvalue weighted by molar-refractivity contribution is -0.274. The minimum Gasteiger partial charge on any atom is -0.406 e. The van der Waals surface area contributed by atoms with Gasteiger partial charge in [-0.1, -0.05) is 0 Å². The maximum atomic E-state index is 12.3. The molecule has 21 heavy (non-hydrogen) atoms.